The van der Waals surface area contributed by atoms with Crippen molar-refractivity contribution in [3.8, 4) is 17.2 Å². The van der Waals surface area contributed by atoms with Crippen molar-refractivity contribution in [3.05, 3.63) is 94.0 Å². The first-order valence-corrected chi connectivity index (χ1v) is 18.2. The zero-order valence-electron chi connectivity index (χ0n) is 27.1. The van der Waals surface area contributed by atoms with Gasteiger partial charge in [0.25, 0.3) is 5.78 Å². The van der Waals surface area contributed by atoms with Crippen LogP contribution >= 0.6 is 34.7 Å². The van der Waals surface area contributed by atoms with E-state index in [-0.39, 0.29) is 16.5 Å². The maximum absolute atomic E-state index is 13.8. The number of halogens is 1. The molecule has 1 aromatic heterocycles. The summed E-state index contributed by atoms with van der Waals surface area (Å²) in [6, 6.07) is 18.6. The van der Waals surface area contributed by atoms with Crippen LogP contribution in [0.25, 0.3) is 5.76 Å². The highest BCUT2D eigenvalue weighted by molar-refractivity contribution is 8.00. The Kier molecular flexibility index (Phi) is 12.4. The highest BCUT2D eigenvalue weighted by Crippen LogP contribution is 2.46. The second-order valence-corrected chi connectivity index (χ2v) is 13.6. The van der Waals surface area contributed by atoms with Gasteiger partial charge in [-0.15, -0.1) is 10.2 Å². The van der Waals surface area contributed by atoms with Crippen LogP contribution in [0.5, 0.6) is 17.2 Å². The van der Waals surface area contributed by atoms with Crippen molar-refractivity contribution in [3.63, 3.8) is 0 Å². The topological polar surface area (TPSA) is 111 Å². The van der Waals surface area contributed by atoms with Crippen molar-refractivity contribution in [2.24, 2.45) is 0 Å². The first-order valence-electron chi connectivity index (χ1n) is 16.0. The number of nitrogens with zero attached hydrogens (tertiary/aromatic N) is 3. The molecule has 0 aliphatic carbocycles. The van der Waals surface area contributed by atoms with Gasteiger partial charge in [-0.05, 0) is 73.4 Å². The molecule has 9 nitrogen and oxygen atoms in total. The third kappa shape index (κ3) is 8.14. The van der Waals surface area contributed by atoms with Gasteiger partial charge in [-0.2, -0.15) is 0 Å². The van der Waals surface area contributed by atoms with Gasteiger partial charge in [0.1, 0.15) is 11.5 Å². The minimum atomic E-state index is -1.01. The van der Waals surface area contributed by atoms with Gasteiger partial charge >= 0.3 is 5.91 Å². The van der Waals surface area contributed by atoms with Crippen LogP contribution in [0.4, 0.5) is 5.13 Å². The Morgan fingerprint density at radius 3 is 2.35 bits per heavy atom. The van der Waals surface area contributed by atoms with Crippen molar-refractivity contribution in [2.45, 2.75) is 62.6 Å². The number of amides is 1. The lowest BCUT2D eigenvalue weighted by Gasteiger charge is -2.23. The molecule has 1 aliphatic rings. The fourth-order valence-corrected chi connectivity index (χ4v) is 7.22. The summed E-state index contributed by atoms with van der Waals surface area (Å²) in [7, 11) is 0. The van der Waals surface area contributed by atoms with Crippen LogP contribution in [-0.4, -0.2) is 46.8 Å². The summed E-state index contributed by atoms with van der Waals surface area (Å²) in [6.07, 6.45) is 3.78. The molecule has 12 heteroatoms. The van der Waals surface area contributed by atoms with Crippen LogP contribution in [0.15, 0.2) is 76.6 Å². The predicted octanol–water partition coefficient (Wildman–Crippen LogP) is 8.87. The van der Waals surface area contributed by atoms with Gasteiger partial charge in [-0.3, -0.25) is 14.5 Å². The number of benzene rings is 3. The molecule has 1 unspecified atom stereocenters. The van der Waals surface area contributed by atoms with Gasteiger partial charge in [0.05, 0.1) is 31.4 Å². The number of rotatable bonds is 16. The summed E-state index contributed by atoms with van der Waals surface area (Å²) in [6.45, 7) is 7.51. The molecule has 252 valence electrons. The minimum absolute atomic E-state index is 0.0674. The maximum atomic E-state index is 13.8. The quantitative estimate of drug-likeness (QED) is 0.0305. The van der Waals surface area contributed by atoms with Gasteiger partial charge < -0.3 is 19.3 Å². The van der Waals surface area contributed by atoms with E-state index in [9.17, 15) is 14.7 Å². The molecule has 1 amide bonds. The highest BCUT2D eigenvalue weighted by Gasteiger charge is 2.48. The fraction of sp³-hybridized carbons (Fsp3) is 0.333. The van der Waals surface area contributed by atoms with E-state index in [2.05, 4.69) is 24.0 Å². The molecule has 1 N–H and O–H groups in total. The number of Topliss-reactive ketones (excluding diaryl/α,β-unsaturated/α-hetero) is 1. The third-order valence-corrected chi connectivity index (χ3v) is 10.1. The number of carbonyl (C=O) groups is 2. The van der Waals surface area contributed by atoms with Gasteiger partial charge in [0.2, 0.25) is 5.13 Å². The Bertz CT molecular complexity index is 1760. The molecule has 48 heavy (non-hydrogen) atoms. The van der Waals surface area contributed by atoms with E-state index in [1.54, 1.807) is 42.5 Å². The summed E-state index contributed by atoms with van der Waals surface area (Å²) < 4.78 is 18.3. The second kappa shape index (κ2) is 16.9. The first-order chi connectivity index (χ1) is 23.4. The molecule has 0 bridgehead atoms. The molecule has 1 fully saturated rings. The second-order valence-electron chi connectivity index (χ2n) is 11.0. The van der Waals surface area contributed by atoms with Gasteiger partial charge in [0.15, 0.2) is 15.8 Å². The lowest BCUT2D eigenvalue weighted by Crippen LogP contribution is -2.29. The summed E-state index contributed by atoms with van der Waals surface area (Å²) >= 11 is 8.96. The average molecular weight is 708 g/mol. The fourth-order valence-electron chi connectivity index (χ4n) is 5.07. The molecule has 1 aliphatic heterocycles. The summed E-state index contributed by atoms with van der Waals surface area (Å²) in [4.78, 5) is 28.9. The number of unbranched alkanes of at least 4 members (excludes halogenated alkanes) is 2. The van der Waals surface area contributed by atoms with Crippen LogP contribution < -0.4 is 19.1 Å². The van der Waals surface area contributed by atoms with Crippen molar-refractivity contribution >= 4 is 57.3 Å². The lowest BCUT2D eigenvalue weighted by atomic mass is 9.95. The van der Waals surface area contributed by atoms with Crippen LogP contribution in [0.2, 0.25) is 5.02 Å². The number of aromatic nitrogens is 2. The molecule has 5 rings (SSSR count). The number of anilines is 1. The Labute approximate surface area is 293 Å². The number of ether oxygens (including phenoxy) is 3. The normalized spacial score (nSPS) is 15.6. The van der Waals surface area contributed by atoms with Crippen LogP contribution in [0.3, 0.4) is 0 Å². The Morgan fingerprint density at radius 1 is 0.917 bits per heavy atom. The van der Waals surface area contributed by atoms with Gasteiger partial charge in [-0.1, -0.05) is 85.7 Å². The molecular weight excluding hydrogens is 670 g/mol. The molecule has 0 spiro atoms. The van der Waals surface area contributed by atoms with E-state index in [1.807, 2.05) is 31.2 Å². The third-order valence-electron chi connectivity index (χ3n) is 7.59. The first kappa shape index (κ1) is 35.3. The number of carbonyl (C=O) groups excluding carboxylic acids is 2. The van der Waals surface area contributed by atoms with E-state index in [0.717, 1.165) is 31.2 Å². The van der Waals surface area contributed by atoms with Gasteiger partial charge in [0, 0.05) is 16.3 Å². The van der Waals surface area contributed by atoms with E-state index in [0.29, 0.717) is 63.3 Å². The zero-order valence-corrected chi connectivity index (χ0v) is 29.5. The maximum Gasteiger partial charge on any atom is 0.301 e. The standard InChI is InChI=1S/C36H38ClN3O6S2/c1-4-7-19-45-26-16-13-23(14-17-26)32(41)30-31(24-15-18-28(46-20-8-5-2)29(21-24)44-6-3)40(34(43)33(30)42)35-38-39-36(48-35)47-22-25-11-9-10-12-27(25)37/h9-18,21,31,41H,4-8,19-20,22H2,1-3H3/b32-30-. The molecule has 1 atom stereocenters. The van der Waals surface area contributed by atoms with Crippen LogP contribution in [0, 0.1) is 0 Å². The van der Waals surface area contributed by atoms with Crippen molar-refractivity contribution in [2.75, 3.05) is 24.7 Å². The number of hydrogen-bond donors (Lipinski definition) is 1. The summed E-state index contributed by atoms with van der Waals surface area (Å²) in [5, 5.41) is 21.2. The lowest BCUT2D eigenvalue weighted by molar-refractivity contribution is -0.132. The highest BCUT2D eigenvalue weighted by atomic mass is 35.5. The number of hydrogen-bond acceptors (Lipinski definition) is 10. The predicted molar refractivity (Wildman–Crippen MR) is 191 cm³/mol. The van der Waals surface area contributed by atoms with E-state index in [1.165, 1.54) is 28.0 Å². The molecular formula is C36H38ClN3O6S2. The number of ketones is 1. The van der Waals surface area contributed by atoms with E-state index >= 15 is 0 Å². The van der Waals surface area contributed by atoms with E-state index in [4.69, 9.17) is 25.8 Å². The smallest absolute Gasteiger partial charge is 0.301 e. The van der Waals surface area contributed by atoms with Crippen molar-refractivity contribution in [1.29, 1.82) is 0 Å². The van der Waals surface area contributed by atoms with Crippen molar-refractivity contribution in [1.82, 2.24) is 10.2 Å². The number of aliphatic hydroxyl groups excluding tert-OH is 1. The molecule has 1 saturated heterocycles. The van der Waals surface area contributed by atoms with Crippen LogP contribution in [0.1, 0.15) is 69.2 Å². The Balaban J connectivity index is 1.54. The SMILES string of the molecule is CCCCOc1ccc(/C(O)=C2/C(=O)C(=O)N(c3nnc(SCc4ccccc4Cl)s3)C2c2ccc(OCCCC)c(OCC)c2)cc1. The summed E-state index contributed by atoms with van der Waals surface area (Å²) in [5.41, 5.74) is 1.79. The van der Waals surface area contributed by atoms with E-state index < -0.39 is 17.7 Å². The number of aliphatic hydroxyl groups is 1. The monoisotopic (exact) mass is 707 g/mol. The zero-order chi connectivity index (χ0) is 34.0. The largest absolute Gasteiger partial charge is 0.507 e. The average Bonchev–Trinajstić information content (AvgIpc) is 3.66. The Morgan fingerprint density at radius 2 is 1.65 bits per heavy atom. The molecule has 3 aromatic carbocycles. The minimum Gasteiger partial charge on any atom is -0.507 e. The molecule has 0 radical (unpaired) electrons. The molecule has 2 heterocycles. The van der Waals surface area contributed by atoms with Gasteiger partial charge in [-0.25, -0.2) is 0 Å². The number of thioether (sulfide) groups is 1. The Hall–Kier alpha value is -4.06. The van der Waals surface area contributed by atoms with Crippen molar-refractivity contribution < 1.29 is 28.9 Å². The summed E-state index contributed by atoms with van der Waals surface area (Å²) in [5.74, 6) is 0.264. The molecule has 4 aromatic rings. The molecule has 0 saturated carbocycles. The van der Waals surface area contributed by atoms with Crippen LogP contribution in [-0.2, 0) is 15.3 Å².